The number of nitrogens with one attached hydrogen (secondary N) is 1. The topological polar surface area (TPSA) is 75.4 Å². The molecule has 0 saturated heterocycles. The van der Waals surface area contributed by atoms with Crippen LogP contribution in [-0.4, -0.2) is 24.9 Å². The van der Waals surface area contributed by atoms with Gasteiger partial charge in [-0.15, -0.1) is 0 Å². The molecule has 0 radical (unpaired) electrons. The SMILES string of the molecule is C[C@@H](NC(=O)CN(CCC(N)=O)c1ccc(F)cc1)c1ccccc1. The summed E-state index contributed by atoms with van der Waals surface area (Å²) in [6, 6.07) is 15.3. The zero-order chi connectivity index (χ0) is 18.2. The highest BCUT2D eigenvalue weighted by Crippen LogP contribution is 2.16. The van der Waals surface area contributed by atoms with Gasteiger partial charge in [0.05, 0.1) is 12.6 Å². The van der Waals surface area contributed by atoms with Gasteiger partial charge in [-0.05, 0) is 36.8 Å². The van der Waals surface area contributed by atoms with Crippen molar-refractivity contribution in [2.75, 3.05) is 18.0 Å². The van der Waals surface area contributed by atoms with E-state index in [4.69, 9.17) is 5.73 Å². The number of nitrogens with zero attached hydrogens (tertiary/aromatic N) is 1. The minimum Gasteiger partial charge on any atom is -0.370 e. The summed E-state index contributed by atoms with van der Waals surface area (Å²) >= 11 is 0. The maximum Gasteiger partial charge on any atom is 0.239 e. The van der Waals surface area contributed by atoms with Crippen molar-refractivity contribution < 1.29 is 14.0 Å². The summed E-state index contributed by atoms with van der Waals surface area (Å²) in [7, 11) is 0. The summed E-state index contributed by atoms with van der Waals surface area (Å²) in [5.41, 5.74) is 6.86. The number of rotatable bonds is 8. The molecule has 0 spiro atoms. The first kappa shape index (κ1) is 18.4. The summed E-state index contributed by atoms with van der Waals surface area (Å²) in [4.78, 5) is 25.2. The molecule has 6 heteroatoms. The van der Waals surface area contributed by atoms with E-state index in [1.165, 1.54) is 12.1 Å². The molecule has 2 rings (SSSR count). The second-order valence-electron chi connectivity index (χ2n) is 5.81. The van der Waals surface area contributed by atoms with Gasteiger partial charge in [-0.2, -0.15) is 0 Å². The fourth-order valence-electron chi connectivity index (χ4n) is 2.48. The van der Waals surface area contributed by atoms with Gasteiger partial charge in [0, 0.05) is 18.7 Å². The number of anilines is 1. The minimum absolute atomic E-state index is 0.0517. The number of hydrogen-bond acceptors (Lipinski definition) is 3. The zero-order valence-electron chi connectivity index (χ0n) is 14.1. The van der Waals surface area contributed by atoms with E-state index < -0.39 is 5.91 Å². The van der Waals surface area contributed by atoms with E-state index in [0.29, 0.717) is 5.69 Å². The van der Waals surface area contributed by atoms with Crippen molar-refractivity contribution >= 4 is 17.5 Å². The number of benzene rings is 2. The third kappa shape index (κ3) is 5.91. The van der Waals surface area contributed by atoms with Gasteiger partial charge in [0.2, 0.25) is 11.8 Å². The van der Waals surface area contributed by atoms with Crippen LogP contribution in [0, 0.1) is 5.82 Å². The Labute approximate surface area is 146 Å². The molecule has 2 amide bonds. The highest BCUT2D eigenvalue weighted by atomic mass is 19.1. The maximum atomic E-state index is 13.1. The van der Waals surface area contributed by atoms with E-state index in [9.17, 15) is 14.0 Å². The molecule has 3 N–H and O–H groups in total. The Hall–Kier alpha value is -2.89. The van der Waals surface area contributed by atoms with Gasteiger partial charge in [0.15, 0.2) is 0 Å². The average molecular weight is 343 g/mol. The predicted octanol–water partition coefficient (Wildman–Crippen LogP) is 2.38. The summed E-state index contributed by atoms with van der Waals surface area (Å²) in [6.07, 6.45) is 0.110. The molecule has 25 heavy (non-hydrogen) atoms. The number of hydrogen-bond donors (Lipinski definition) is 2. The minimum atomic E-state index is -0.454. The standard InChI is InChI=1S/C19H22FN3O2/c1-14(15-5-3-2-4-6-15)22-19(25)13-23(12-11-18(21)24)17-9-7-16(20)8-10-17/h2-10,14H,11-13H2,1H3,(H2,21,24)(H,22,25)/t14-/m1/s1. The van der Waals surface area contributed by atoms with Gasteiger partial charge in [-0.25, -0.2) is 4.39 Å². The van der Waals surface area contributed by atoms with E-state index >= 15 is 0 Å². The van der Waals surface area contributed by atoms with Gasteiger partial charge in [-0.1, -0.05) is 30.3 Å². The first-order chi connectivity index (χ1) is 12.0. The summed E-state index contributed by atoms with van der Waals surface area (Å²) in [5, 5.41) is 2.92. The molecule has 2 aromatic carbocycles. The second kappa shape index (κ2) is 8.82. The van der Waals surface area contributed by atoms with Crippen LogP contribution in [0.5, 0.6) is 0 Å². The van der Waals surface area contributed by atoms with Crippen LogP contribution >= 0.6 is 0 Å². The number of amides is 2. The van der Waals surface area contributed by atoms with Gasteiger partial charge in [0.25, 0.3) is 0 Å². The fraction of sp³-hybridized carbons (Fsp3) is 0.263. The number of carbonyl (C=O) groups excluding carboxylic acids is 2. The van der Waals surface area contributed by atoms with Crippen molar-refractivity contribution in [2.24, 2.45) is 5.73 Å². The molecule has 0 unspecified atom stereocenters. The van der Waals surface area contributed by atoms with Gasteiger partial charge >= 0.3 is 0 Å². The van der Waals surface area contributed by atoms with Crippen LogP contribution in [0.15, 0.2) is 54.6 Å². The van der Waals surface area contributed by atoms with Crippen molar-refractivity contribution in [3.63, 3.8) is 0 Å². The predicted molar refractivity (Wildman–Crippen MR) is 95.4 cm³/mol. The summed E-state index contributed by atoms with van der Waals surface area (Å²) in [6.45, 7) is 2.24. The summed E-state index contributed by atoms with van der Waals surface area (Å²) in [5.74, 6) is -1.00. The monoisotopic (exact) mass is 343 g/mol. The van der Waals surface area contributed by atoms with E-state index in [1.54, 1.807) is 17.0 Å². The first-order valence-corrected chi connectivity index (χ1v) is 8.09. The molecule has 0 aliphatic heterocycles. The van der Waals surface area contributed by atoms with Crippen molar-refractivity contribution in [1.82, 2.24) is 5.32 Å². The highest BCUT2D eigenvalue weighted by Gasteiger charge is 2.15. The quantitative estimate of drug-likeness (QED) is 0.773. The van der Waals surface area contributed by atoms with Crippen molar-refractivity contribution in [3.05, 3.63) is 66.0 Å². The Morgan fingerprint density at radius 1 is 1.12 bits per heavy atom. The Morgan fingerprint density at radius 3 is 2.36 bits per heavy atom. The van der Waals surface area contributed by atoms with E-state index in [-0.39, 0.29) is 37.3 Å². The van der Waals surface area contributed by atoms with Gasteiger partial charge < -0.3 is 16.0 Å². The Morgan fingerprint density at radius 2 is 1.76 bits per heavy atom. The van der Waals surface area contributed by atoms with Crippen LogP contribution < -0.4 is 16.0 Å². The molecular weight excluding hydrogens is 321 g/mol. The molecular formula is C19H22FN3O2. The number of halogens is 1. The largest absolute Gasteiger partial charge is 0.370 e. The summed E-state index contributed by atoms with van der Waals surface area (Å²) < 4.78 is 13.1. The molecule has 0 fully saturated rings. The molecule has 0 heterocycles. The second-order valence-corrected chi connectivity index (χ2v) is 5.81. The van der Waals surface area contributed by atoms with Gasteiger partial charge in [-0.3, -0.25) is 9.59 Å². The van der Waals surface area contributed by atoms with Crippen LogP contribution in [0.1, 0.15) is 24.9 Å². The van der Waals surface area contributed by atoms with Crippen molar-refractivity contribution in [1.29, 1.82) is 0 Å². The smallest absolute Gasteiger partial charge is 0.239 e. The Balaban J connectivity index is 2.03. The van der Waals surface area contributed by atoms with Crippen LogP contribution in [0.3, 0.4) is 0 Å². The van der Waals surface area contributed by atoms with Crippen LogP contribution in [0.4, 0.5) is 10.1 Å². The molecule has 0 saturated carbocycles. The number of nitrogens with two attached hydrogens (primary N) is 1. The molecule has 1 atom stereocenters. The molecule has 132 valence electrons. The third-order valence-electron chi connectivity index (χ3n) is 3.83. The van der Waals surface area contributed by atoms with Gasteiger partial charge in [0.1, 0.15) is 5.82 Å². The highest BCUT2D eigenvalue weighted by molar-refractivity contribution is 5.82. The Kier molecular flexibility index (Phi) is 6.51. The Bertz CT molecular complexity index is 704. The number of primary amides is 1. The van der Waals surface area contributed by atoms with Crippen LogP contribution in [0.25, 0.3) is 0 Å². The maximum absolute atomic E-state index is 13.1. The normalized spacial score (nSPS) is 11.6. The molecule has 0 aliphatic carbocycles. The van der Waals surface area contributed by atoms with E-state index in [0.717, 1.165) is 5.56 Å². The third-order valence-corrected chi connectivity index (χ3v) is 3.83. The fourth-order valence-corrected chi connectivity index (χ4v) is 2.48. The van der Waals surface area contributed by atoms with Crippen LogP contribution in [-0.2, 0) is 9.59 Å². The van der Waals surface area contributed by atoms with Crippen molar-refractivity contribution in [2.45, 2.75) is 19.4 Å². The lowest BCUT2D eigenvalue weighted by Gasteiger charge is -2.25. The van der Waals surface area contributed by atoms with E-state index in [1.807, 2.05) is 37.3 Å². The lowest BCUT2D eigenvalue weighted by molar-refractivity contribution is -0.121. The van der Waals surface area contributed by atoms with Crippen molar-refractivity contribution in [3.8, 4) is 0 Å². The molecule has 0 aromatic heterocycles. The van der Waals surface area contributed by atoms with Crippen LogP contribution in [0.2, 0.25) is 0 Å². The molecule has 5 nitrogen and oxygen atoms in total. The van der Waals surface area contributed by atoms with E-state index in [2.05, 4.69) is 5.32 Å². The average Bonchev–Trinajstić information content (AvgIpc) is 2.60. The molecule has 2 aromatic rings. The molecule has 0 bridgehead atoms. The zero-order valence-corrected chi connectivity index (χ0v) is 14.1. The first-order valence-electron chi connectivity index (χ1n) is 8.09. The molecule has 0 aliphatic rings. The number of carbonyl (C=O) groups is 2. The lowest BCUT2D eigenvalue weighted by atomic mass is 10.1. The lowest BCUT2D eigenvalue weighted by Crippen LogP contribution is -2.39.